The quantitative estimate of drug-likeness (QED) is 0.713. The number of hydrogen-bond donors (Lipinski definition) is 1. The van der Waals surface area contributed by atoms with E-state index >= 15 is 0 Å². The summed E-state index contributed by atoms with van der Waals surface area (Å²) in [5, 5.41) is 8.98. The van der Waals surface area contributed by atoms with Gasteiger partial charge in [-0.15, -0.1) is 0 Å². The Balaban J connectivity index is 2.40. The molecule has 13 heavy (non-hydrogen) atoms. The topological polar surface area (TPSA) is 46.5 Å². The molecule has 0 bridgehead atoms. The zero-order valence-electron chi connectivity index (χ0n) is 8.16. The first-order valence-corrected chi connectivity index (χ1v) is 5.06. The van der Waals surface area contributed by atoms with Crippen LogP contribution in [0.15, 0.2) is 0 Å². The van der Waals surface area contributed by atoms with Gasteiger partial charge < -0.3 is 9.84 Å². The fraction of sp³-hybridized carbons (Fsp3) is 0.900. The van der Waals surface area contributed by atoms with Crippen LogP contribution in [0.5, 0.6) is 0 Å². The second kappa shape index (κ2) is 5.22. The van der Waals surface area contributed by atoms with E-state index in [0.29, 0.717) is 19.1 Å². The maximum Gasteiger partial charge on any atom is 0.309 e. The van der Waals surface area contributed by atoms with Crippen molar-refractivity contribution < 1.29 is 14.6 Å². The molecular formula is C10H18O3. The lowest BCUT2D eigenvalue weighted by Crippen LogP contribution is -2.26. The Morgan fingerprint density at radius 1 is 1.54 bits per heavy atom. The average Bonchev–Trinajstić information content (AvgIpc) is 2.57. The van der Waals surface area contributed by atoms with Crippen LogP contribution in [0.4, 0.5) is 0 Å². The number of rotatable bonds is 5. The summed E-state index contributed by atoms with van der Waals surface area (Å²) in [6, 6.07) is 0. The number of carbonyl (C=O) groups is 1. The molecule has 3 heteroatoms. The van der Waals surface area contributed by atoms with E-state index in [1.165, 1.54) is 12.8 Å². The Morgan fingerprint density at radius 2 is 2.15 bits per heavy atom. The van der Waals surface area contributed by atoms with Crippen molar-refractivity contribution in [3.8, 4) is 0 Å². The van der Waals surface area contributed by atoms with Gasteiger partial charge in [0.15, 0.2) is 0 Å². The third-order valence-electron chi connectivity index (χ3n) is 2.79. The van der Waals surface area contributed by atoms with Crippen molar-refractivity contribution in [1.82, 2.24) is 0 Å². The number of ether oxygens (including phenoxy) is 1. The summed E-state index contributed by atoms with van der Waals surface area (Å²) in [7, 11) is 0. The third kappa shape index (κ3) is 2.99. The van der Waals surface area contributed by atoms with Crippen LogP contribution < -0.4 is 0 Å². The second-order valence-electron chi connectivity index (χ2n) is 3.65. The minimum absolute atomic E-state index is 0.276. The number of aliphatic carboxylic acids is 1. The van der Waals surface area contributed by atoms with E-state index in [1.807, 2.05) is 6.92 Å². The lowest BCUT2D eigenvalue weighted by molar-refractivity contribution is -0.146. The fourth-order valence-corrected chi connectivity index (χ4v) is 2.01. The van der Waals surface area contributed by atoms with Crippen LogP contribution in [-0.4, -0.2) is 24.3 Å². The van der Waals surface area contributed by atoms with E-state index in [0.717, 1.165) is 12.8 Å². The molecule has 1 rings (SSSR count). The summed E-state index contributed by atoms with van der Waals surface area (Å²) in [6.07, 6.45) is 4.48. The van der Waals surface area contributed by atoms with Gasteiger partial charge in [0, 0.05) is 6.61 Å². The van der Waals surface area contributed by atoms with Crippen LogP contribution in [-0.2, 0) is 9.53 Å². The van der Waals surface area contributed by atoms with Crippen molar-refractivity contribution in [2.45, 2.75) is 32.6 Å². The lowest BCUT2D eigenvalue weighted by atomic mass is 9.92. The molecule has 1 saturated carbocycles. The first kappa shape index (κ1) is 10.5. The van der Waals surface area contributed by atoms with Gasteiger partial charge in [-0.3, -0.25) is 4.79 Å². The van der Waals surface area contributed by atoms with Crippen molar-refractivity contribution in [2.75, 3.05) is 13.2 Å². The summed E-state index contributed by atoms with van der Waals surface area (Å²) in [4.78, 5) is 10.9. The van der Waals surface area contributed by atoms with Crippen molar-refractivity contribution in [3.63, 3.8) is 0 Å². The SMILES string of the molecule is CCOCC(C(=O)O)C1CCCC1. The zero-order chi connectivity index (χ0) is 9.68. The third-order valence-corrected chi connectivity index (χ3v) is 2.79. The summed E-state index contributed by atoms with van der Waals surface area (Å²) in [5.41, 5.74) is 0. The molecule has 0 saturated heterocycles. The van der Waals surface area contributed by atoms with Gasteiger partial charge in [-0.2, -0.15) is 0 Å². The molecule has 0 aromatic carbocycles. The van der Waals surface area contributed by atoms with Gasteiger partial charge in [0.1, 0.15) is 0 Å². The van der Waals surface area contributed by atoms with E-state index in [1.54, 1.807) is 0 Å². The van der Waals surface area contributed by atoms with Gasteiger partial charge in [-0.1, -0.05) is 12.8 Å². The highest BCUT2D eigenvalue weighted by atomic mass is 16.5. The average molecular weight is 186 g/mol. The molecule has 0 aromatic heterocycles. The van der Waals surface area contributed by atoms with Gasteiger partial charge in [0.05, 0.1) is 12.5 Å². The smallest absolute Gasteiger partial charge is 0.309 e. The number of carboxylic acids is 1. The van der Waals surface area contributed by atoms with E-state index < -0.39 is 5.97 Å². The van der Waals surface area contributed by atoms with Crippen molar-refractivity contribution in [3.05, 3.63) is 0 Å². The molecule has 1 aliphatic rings. The van der Waals surface area contributed by atoms with Gasteiger partial charge in [0.25, 0.3) is 0 Å². The van der Waals surface area contributed by atoms with Crippen molar-refractivity contribution in [1.29, 1.82) is 0 Å². The van der Waals surface area contributed by atoms with E-state index in [9.17, 15) is 4.79 Å². The lowest BCUT2D eigenvalue weighted by Gasteiger charge is -2.18. The van der Waals surface area contributed by atoms with Crippen LogP contribution in [0.1, 0.15) is 32.6 Å². The van der Waals surface area contributed by atoms with E-state index in [-0.39, 0.29) is 5.92 Å². The Hall–Kier alpha value is -0.570. The first-order chi connectivity index (χ1) is 6.25. The molecule has 0 aromatic rings. The van der Waals surface area contributed by atoms with Crippen molar-refractivity contribution >= 4 is 5.97 Å². The summed E-state index contributed by atoms with van der Waals surface area (Å²) in [5.74, 6) is -0.619. The largest absolute Gasteiger partial charge is 0.481 e. The van der Waals surface area contributed by atoms with Crippen LogP contribution in [0, 0.1) is 11.8 Å². The van der Waals surface area contributed by atoms with Crippen LogP contribution in [0.25, 0.3) is 0 Å². The summed E-state index contributed by atoms with van der Waals surface area (Å²) >= 11 is 0. The normalized spacial score (nSPS) is 20.4. The zero-order valence-corrected chi connectivity index (χ0v) is 8.16. The molecule has 1 aliphatic carbocycles. The number of hydrogen-bond acceptors (Lipinski definition) is 2. The van der Waals surface area contributed by atoms with Crippen molar-refractivity contribution in [2.24, 2.45) is 11.8 Å². The molecular weight excluding hydrogens is 168 g/mol. The Bertz CT molecular complexity index is 162. The minimum atomic E-state index is -0.694. The fourth-order valence-electron chi connectivity index (χ4n) is 2.01. The molecule has 1 unspecified atom stereocenters. The van der Waals surface area contributed by atoms with Gasteiger partial charge in [-0.25, -0.2) is 0 Å². The highest BCUT2D eigenvalue weighted by Gasteiger charge is 2.30. The van der Waals surface area contributed by atoms with Crippen LogP contribution in [0.2, 0.25) is 0 Å². The van der Waals surface area contributed by atoms with Gasteiger partial charge in [0.2, 0.25) is 0 Å². The molecule has 0 radical (unpaired) electrons. The predicted octanol–water partition coefficient (Wildman–Crippen LogP) is 1.91. The molecule has 1 atom stereocenters. The molecule has 3 nitrogen and oxygen atoms in total. The summed E-state index contributed by atoms with van der Waals surface area (Å²) in [6.45, 7) is 2.89. The minimum Gasteiger partial charge on any atom is -0.481 e. The molecule has 1 N–H and O–H groups in total. The van der Waals surface area contributed by atoms with Crippen LogP contribution in [0.3, 0.4) is 0 Å². The standard InChI is InChI=1S/C10H18O3/c1-2-13-7-9(10(11)12)8-5-3-4-6-8/h8-9H,2-7H2,1H3,(H,11,12). The molecule has 76 valence electrons. The Morgan fingerprint density at radius 3 is 2.62 bits per heavy atom. The Kier molecular flexibility index (Phi) is 4.22. The monoisotopic (exact) mass is 186 g/mol. The van der Waals surface area contributed by atoms with Crippen LogP contribution >= 0.6 is 0 Å². The molecule has 0 spiro atoms. The first-order valence-electron chi connectivity index (χ1n) is 5.06. The maximum atomic E-state index is 10.9. The van der Waals surface area contributed by atoms with Gasteiger partial charge >= 0.3 is 5.97 Å². The molecule has 0 aliphatic heterocycles. The molecule has 0 amide bonds. The van der Waals surface area contributed by atoms with E-state index in [2.05, 4.69) is 0 Å². The molecule has 1 fully saturated rings. The highest BCUT2D eigenvalue weighted by Crippen LogP contribution is 2.31. The number of carboxylic acid groups (broad SMARTS) is 1. The maximum absolute atomic E-state index is 10.9. The predicted molar refractivity (Wildman–Crippen MR) is 49.6 cm³/mol. The second-order valence-corrected chi connectivity index (χ2v) is 3.65. The van der Waals surface area contributed by atoms with Gasteiger partial charge in [-0.05, 0) is 25.7 Å². The summed E-state index contributed by atoms with van der Waals surface area (Å²) < 4.78 is 5.19. The highest BCUT2D eigenvalue weighted by molar-refractivity contribution is 5.70. The Labute approximate surface area is 79.1 Å². The van der Waals surface area contributed by atoms with E-state index in [4.69, 9.17) is 9.84 Å². The molecule has 0 heterocycles.